The molecule has 0 saturated carbocycles. The Morgan fingerprint density at radius 3 is 2.57 bits per heavy atom. The first-order chi connectivity index (χ1) is 9.97. The van der Waals surface area contributed by atoms with Crippen LogP contribution in [0.25, 0.3) is 10.9 Å². The maximum atomic E-state index is 12.8. The molecule has 112 valence electrons. The van der Waals surface area contributed by atoms with Crippen molar-refractivity contribution in [3.05, 3.63) is 34.4 Å². The molecule has 1 aromatic carbocycles. The zero-order chi connectivity index (χ0) is 15.0. The number of nitrogens with zero attached hydrogens (tertiary/aromatic N) is 2. The average Bonchev–Trinajstić information content (AvgIpc) is 2.46. The van der Waals surface area contributed by atoms with Gasteiger partial charge in [0.2, 0.25) is 0 Å². The van der Waals surface area contributed by atoms with E-state index in [1.54, 1.807) is 6.20 Å². The van der Waals surface area contributed by atoms with Crippen molar-refractivity contribution in [1.82, 2.24) is 10.3 Å². The lowest BCUT2D eigenvalue weighted by Crippen LogP contribution is -2.43. The summed E-state index contributed by atoms with van der Waals surface area (Å²) in [4.78, 5) is 6.29. The molecule has 0 atom stereocenters. The van der Waals surface area contributed by atoms with E-state index in [9.17, 15) is 13.2 Å². The van der Waals surface area contributed by atoms with Crippen LogP contribution in [-0.2, 0) is 6.18 Å². The minimum absolute atomic E-state index is 0.363. The number of anilines is 1. The van der Waals surface area contributed by atoms with Gasteiger partial charge in [-0.05, 0) is 28.1 Å². The molecule has 3 nitrogen and oxygen atoms in total. The summed E-state index contributed by atoms with van der Waals surface area (Å²) in [6.07, 6.45) is -2.78. The summed E-state index contributed by atoms with van der Waals surface area (Å²) in [6.45, 7) is 3.35. The molecule has 0 amide bonds. The molecule has 1 aromatic heterocycles. The fraction of sp³-hybridized carbons (Fsp3) is 0.357. The summed E-state index contributed by atoms with van der Waals surface area (Å²) in [5.41, 5.74) is 0.605. The Morgan fingerprint density at radius 2 is 1.90 bits per heavy atom. The molecule has 0 aliphatic carbocycles. The van der Waals surface area contributed by atoms with Crippen molar-refractivity contribution in [3.8, 4) is 0 Å². The molecule has 1 aliphatic rings. The Kier molecular flexibility index (Phi) is 3.79. The zero-order valence-corrected chi connectivity index (χ0v) is 12.6. The first-order valence-corrected chi connectivity index (χ1v) is 7.37. The molecule has 1 N–H and O–H groups in total. The highest BCUT2D eigenvalue weighted by Gasteiger charge is 2.31. The lowest BCUT2D eigenvalue weighted by atomic mass is 10.1. The second kappa shape index (κ2) is 5.46. The van der Waals surface area contributed by atoms with Gasteiger partial charge >= 0.3 is 6.18 Å². The number of nitrogens with one attached hydrogen (secondary N) is 1. The van der Waals surface area contributed by atoms with Gasteiger partial charge in [0.1, 0.15) is 0 Å². The van der Waals surface area contributed by atoms with Gasteiger partial charge < -0.3 is 10.2 Å². The number of hydrogen-bond donors (Lipinski definition) is 1. The summed E-state index contributed by atoms with van der Waals surface area (Å²) in [5.74, 6) is 0. The molecule has 0 spiro atoms. The second-order valence-electron chi connectivity index (χ2n) is 4.92. The van der Waals surface area contributed by atoms with Crippen LogP contribution in [0.4, 0.5) is 18.9 Å². The van der Waals surface area contributed by atoms with Crippen molar-refractivity contribution in [1.29, 1.82) is 0 Å². The fourth-order valence-electron chi connectivity index (χ4n) is 2.54. The number of pyridine rings is 1. The van der Waals surface area contributed by atoms with E-state index in [0.717, 1.165) is 53.9 Å². The normalized spacial score (nSPS) is 16.5. The maximum Gasteiger partial charge on any atom is 0.416 e. The van der Waals surface area contributed by atoms with Gasteiger partial charge in [-0.3, -0.25) is 4.98 Å². The minimum atomic E-state index is -4.35. The molecule has 0 radical (unpaired) electrons. The quantitative estimate of drug-likeness (QED) is 0.845. The lowest BCUT2D eigenvalue weighted by Gasteiger charge is -2.31. The van der Waals surface area contributed by atoms with Crippen molar-refractivity contribution in [2.45, 2.75) is 6.18 Å². The van der Waals surface area contributed by atoms with Crippen molar-refractivity contribution in [2.24, 2.45) is 0 Å². The van der Waals surface area contributed by atoms with Crippen molar-refractivity contribution >= 4 is 32.5 Å². The minimum Gasteiger partial charge on any atom is -0.367 e. The van der Waals surface area contributed by atoms with Crippen LogP contribution in [0.1, 0.15) is 5.56 Å². The van der Waals surface area contributed by atoms with Gasteiger partial charge in [0.25, 0.3) is 0 Å². The van der Waals surface area contributed by atoms with E-state index in [-0.39, 0.29) is 0 Å². The third-order valence-corrected chi connectivity index (χ3v) is 4.14. The SMILES string of the molecule is FC(F)(F)c1ccc2c(N3CCNCC3)c(Br)cnc2c1. The molecule has 0 bridgehead atoms. The maximum absolute atomic E-state index is 12.8. The topological polar surface area (TPSA) is 28.2 Å². The van der Waals surface area contributed by atoms with Crippen molar-refractivity contribution in [3.63, 3.8) is 0 Å². The molecule has 21 heavy (non-hydrogen) atoms. The third-order valence-electron chi connectivity index (χ3n) is 3.56. The third kappa shape index (κ3) is 2.85. The van der Waals surface area contributed by atoms with Gasteiger partial charge in [-0.15, -0.1) is 0 Å². The molecule has 0 unspecified atom stereocenters. The number of piperazine rings is 1. The van der Waals surface area contributed by atoms with Crippen LogP contribution in [0.15, 0.2) is 28.9 Å². The average molecular weight is 360 g/mol. The first-order valence-electron chi connectivity index (χ1n) is 6.58. The van der Waals surface area contributed by atoms with Gasteiger partial charge in [0.15, 0.2) is 0 Å². The number of halogens is 4. The Bertz CT molecular complexity index is 666. The molecule has 2 aromatic rings. The largest absolute Gasteiger partial charge is 0.416 e. The molecular weight excluding hydrogens is 347 g/mol. The van der Waals surface area contributed by atoms with Crippen LogP contribution in [0.2, 0.25) is 0 Å². The Balaban J connectivity index is 2.13. The molecule has 1 saturated heterocycles. The molecule has 3 rings (SSSR count). The van der Waals surface area contributed by atoms with Crippen LogP contribution < -0.4 is 10.2 Å². The van der Waals surface area contributed by atoms with Crippen LogP contribution in [0.5, 0.6) is 0 Å². The highest BCUT2D eigenvalue weighted by Crippen LogP contribution is 2.37. The Labute approximate surface area is 128 Å². The summed E-state index contributed by atoms with van der Waals surface area (Å²) in [5, 5.41) is 4.00. The second-order valence-corrected chi connectivity index (χ2v) is 5.78. The number of hydrogen-bond acceptors (Lipinski definition) is 3. The molecule has 1 fully saturated rings. The van der Waals surface area contributed by atoms with Crippen LogP contribution >= 0.6 is 15.9 Å². The lowest BCUT2D eigenvalue weighted by molar-refractivity contribution is -0.137. The molecule has 2 heterocycles. The van der Waals surface area contributed by atoms with E-state index in [1.807, 2.05) is 0 Å². The van der Waals surface area contributed by atoms with Gasteiger partial charge in [-0.1, -0.05) is 6.07 Å². The Hall–Kier alpha value is -1.34. The van der Waals surface area contributed by atoms with E-state index in [4.69, 9.17) is 0 Å². The van der Waals surface area contributed by atoms with E-state index < -0.39 is 11.7 Å². The van der Waals surface area contributed by atoms with Gasteiger partial charge in [0, 0.05) is 37.8 Å². The summed E-state index contributed by atoms with van der Waals surface area (Å²) >= 11 is 3.46. The number of alkyl halides is 3. The monoisotopic (exact) mass is 359 g/mol. The van der Waals surface area contributed by atoms with E-state index in [1.165, 1.54) is 6.07 Å². The first kappa shape index (κ1) is 14.6. The molecular formula is C14H13BrF3N3. The highest BCUT2D eigenvalue weighted by atomic mass is 79.9. The fourth-order valence-corrected chi connectivity index (χ4v) is 3.11. The van der Waals surface area contributed by atoms with Crippen molar-refractivity contribution in [2.75, 3.05) is 31.1 Å². The van der Waals surface area contributed by atoms with Crippen molar-refractivity contribution < 1.29 is 13.2 Å². The predicted molar refractivity (Wildman–Crippen MR) is 79.5 cm³/mol. The number of rotatable bonds is 1. The number of benzene rings is 1. The van der Waals surface area contributed by atoms with Crippen LogP contribution in [0, 0.1) is 0 Å². The smallest absolute Gasteiger partial charge is 0.367 e. The summed E-state index contributed by atoms with van der Waals surface area (Å²) in [6, 6.07) is 3.73. The zero-order valence-electron chi connectivity index (χ0n) is 11.0. The van der Waals surface area contributed by atoms with E-state index >= 15 is 0 Å². The standard InChI is InChI=1S/C14H13BrF3N3/c15-11-8-20-12-7-9(14(16,17)18)1-2-10(12)13(11)21-5-3-19-4-6-21/h1-2,7-8,19H,3-6H2. The summed E-state index contributed by atoms with van der Waals surface area (Å²) < 4.78 is 39.2. The molecule has 1 aliphatic heterocycles. The van der Waals surface area contributed by atoms with Gasteiger partial charge in [0.05, 0.1) is 21.2 Å². The highest BCUT2D eigenvalue weighted by molar-refractivity contribution is 9.10. The van der Waals surface area contributed by atoms with E-state index in [0.29, 0.717) is 5.52 Å². The number of aromatic nitrogens is 1. The van der Waals surface area contributed by atoms with Crippen LogP contribution in [0.3, 0.4) is 0 Å². The van der Waals surface area contributed by atoms with Gasteiger partial charge in [-0.2, -0.15) is 13.2 Å². The van der Waals surface area contributed by atoms with E-state index in [2.05, 4.69) is 31.1 Å². The molecule has 7 heteroatoms. The van der Waals surface area contributed by atoms with Crippen LogP contribution in [-0.4, -0.2) is 31.2 Å². The number of fused-ring (bicyclic) bond motifs is 1. The predicted octanol–water partition coefficient (Wildman–Crippen LogP) is 3.43. The van der Waals surface area contributed by atoms with Gasteiger partial charge in [-0.25, -0.2) is 0 Å². The summed E-state index contributed by atoms with van der Waals surface area (Å²) in [7, 11) is 0. The Morgan fingerprint density at radius 1 is 1.19 bits per heavy atom.